The van der Waals surface area contributed by atoms with Gasteiger partial charge in [0.2, 0.25) is 11.7 Å². The third-order valence-electron chi connectivity index (χ3n) is 2.53. The van der Waals surface area contributed by atoms with E-state index in [2.05, 4.69) is 15.1 Å². The van der Waals surface area contributed by atoms with E-state index >= 15 is 0 Å². The highest BCUT2D eigenvalue weighted by Crippen LogP contribution is 2.21. The van der Waals surface area contributed by atoms with E-state index in [0.29, 0.717) is 17.4 Å². The van der Waals surface area contributed by atoms with Gasteiger partial charge in [-0.15, -0.1) is 11.3 Å². The number of rotatable bonds is 3. The van der Waals surface area contributed by atoms with Crippen LogP contribution in [0, 0.1) is 0 Å². The number of nitrogens with zero attached hydrogens (tertiary/aromatic N) is 3. The van der Waals surface area contributed by atoms with Crippen molar-refractivity contribution >= 4 is 11.3 Å². The molecule has 1 aromatic carbocycles. The number of nitrogens with two attached hydrogens (primary N) is 1. The molecule has 0 spiro atoms. The maximum absolute atomic E-state index is 6.07. The van der Waals surface area contributed by atoms with Gasteiger partial charge < -0.3 is 10.3 Å². The maximum atomic E-state index is 6.07. The summed E-state index contributed by atoms with van der Waals surface area (Å²) >= 11 is 1.48. The predicted octanol–water partition coefficient (Wildman–Crippen LogP) is 2.24. The van der Waals surface area contributed by atoms with Crippen LogP contribution in [0.15, 0.2) is 45.7 Å². The largest absolute Gasteiger partial charge is 0.337 e. The van der Waals surface area contributed by atoms with Gasteiger partial charge in [-0.25, -0.2) is 4.98 Å². The molecule has 0 bridgehead atoms. The molecule has 90 valence electrons. The average molecular weight is 258 g/mol. The molecule has 3 aromatic rings. The predicted molar refractivity (Wildman–Crippen MR) is 67.9 cm³/mol. The first-order valence-electron chi connectivity index (χ1n) is 5.37. The second kappa shape index (κ2) is 4.67. The molecule has 0 saturated heterocycles. The summed E-state index contributed by atoms with van der Waals surface area (Å²) in [4.78, 5) is 8.40. The van der Waals surface area contributed by atoms with Crippen molar-refractivity contribution in [2.24, 2.45) is 5.73 Å². The van der Waals surface area contributed by atoms with Crippen molar-refractivity contribution in [1.29, 1.82) is 0 Å². The number of hydrogen-bond donors (Lipinski definition) is 1. The Morgan fingerprint density at radius 2 is 2.06 bits per heavy atom. The molecule has 1 atom stereocenters. The lowest BCUT2D eigenvalue weighted by atomic mass is 10.1. The normalized spacial score (nSPS) is 12.5. The lowest BCUT2D eigenvalue weighted by Gasteiger charge is -2.05. The SMILES string of the molecule is N[C@H](c1ccccc1)c1nc(-c2cscn2)no1. The summed E-state index contributed by atoms with van der Waals surface area (Å²) in [5.74, 6) is 0.863. The van der Waals surface area contributed by atoms with Crippen molar-refractivity contribution in [3.63, 3.8) is 0 Å². The van der Waals surface area contributed by atoms with Crippen molar-refractivity contribution in [2.45, 2.75) is 6.04 Å². The molecule has 0 aliphatic heterocycles. The molecule has 0 aliphatic rings. The van der Waals surface area contributed by atoms with Crippen LogP contribution in [0.5, 0.6) is 0 Å². The highest BCUT2D eigenvalue weighted by molar-refractivity contribution is 7.07. The molecule has 2 aromatic heterocycles. The lowest BCUT2D eigenvalue weighted by Crippen LogP contribution is -2.11. The van der Waals surface area contributed by atoms with Crippen LogP contribution >= 0.6 is 11.3 Å². The van der Waals surface area contributed by atoms with E-state index in [1.165, 1.54) is 11.3 Å². The van der Waals surface area contributed by atoms with Gasteiger partial charge in [0.25, 0.3) is 0 Å². The summed E-state index contributed by atoms with van der Waals surface area (Å²) in [7, 11) is 0. The first-order valence-corrected chi connectivity index (χ1v) is 6.31. The van der Waals surface area contributed by atoms with Crippen LogP contribution in [0.1, 0.15) is 17.5 Å². The molecule has 2 N–H and O–H groups in total. The van der Waals surface area contributed by atoms with Crippen LogP contribution in [-0.4, -0.2) is 15.1 Å². The number of thiazole rings is 1. The van der Waals surface area contributed by atoms with E-state index < -0.39 is 6.04 Å². The Morgan fingerprint density at radius 1 is 1.22 bits per heavy atom. The summed E-state index contributed by atoms with van der Waals surface area (Å²) in [6.07, 6.45) is 0. The minimum Gasteiger partial charge on any atom is -0.337 e. The van der Waals surface area contributed by atoms with Gasteiger partial charge >= 0.3 is 0 Å². The minimum absolute atomic E-state index is 0.393. The zero-order valence-corrected chi connectivity index (χ0v) is 10.2. The fourth-order valence-corrected chi connectivity index (χ4v) is 2.12. The Kier molecular flexibility index (Phi) is 2.87. The molecule has 6 heteroatoms. The van der Waals surface area contributed by atoms with Gasteiger partial charge in [-0.1, -0.05) is 35.5 Å². The van der Waals surface area contributed by atoms with Crippen LogP contribution in [0.25, 0.3) is 11.5 Å². The van der Waals surface area contributed by atoms with E-state index in [-0.39, 0.29) is 0 Å². The monoisotopic (exact) mass is 258 g/mol. The number of benzene rings is 1. The van der Waals surface area contributed by atoms with Gasteiger partial charge in [-0.2, -0.15) is 4.98 Å². The topological polar surface area (TPSA) is 77.8 Å². The highest BCUT2D eigenvalue weighted by Gasteiger charge is 2.17. The Balaban J connectivity index is 1.90. The third-order valence-corrected chi connectivity index (χ3v) is 3.11. The van der Waals surface area contributed by atoms with E-state index in [1.807, 2.05) is 35.7 Å². The summed E-state index contributed by atoms with van der Waals surface area (Å²) < 4.78 is 5.18. The Labute approximate surface area is 107 Å². The Bertz CT molecular complexity index is 621. The van der Waals surface area contributed by atoms with E-state index in [0.717, 1.165) is 5.56 Å². The molecule has 0 fully saturated rings. The molecular formula is C12H10N4OS. The van der Waals surface area contributed by atoms with Crippen LogP contribution in [0.2, 0.25) is 0 Å². The minimum atomic E-state index is -0.411. The van der Waals surface area contributed by atoms with Crippen molar-refractivity contribution in [1.82, 2.24) is 15.1 Å². The summed E-state index contributed by atoms with van der Waals surface area (Å²) in [5, 5.41) is 5.75. The highest BCUT2D eigenvalue weighted by atomic mass is 32.1. The molecule has 0 saturated carbocycles. The molecule has 0 aliphatic carbocycles. The van der Waals surface area contributed by atoms with Gasteiger partial charge in [0.1, 0.15) is 11.7 Å². The molecule has 3 rings (SSSR count). The average Bonchev–Trinajstić information content (AvgIpc) is 3.09. The molecule has 2 heterocycles. The molecular weight excluding hydrogens is 248 g/mol. The second-order valence-electron chi connectivity index (χ2n) is 3.72. The van der Waals surface area contributed by atoms with Crippen LogP contribution in [0.4, 0.5) is 0 Å². The first kappa shape index (κ1) is 11.1. The third kappa shape index (κ3) is 2.03. The quantitative estimate of drug-likeness (QED) is 0.779. The van der Waals surface area contributed by atoms with E-state index in [1.54, 1.807) is 5.51 Å². The van der Waals surface area contributed by atoms with Crippen molar-refractivity contribution in [2.75, 3.05) is 0 Å². The molecule has 0 unspecified atom stereocenters. The summed E-state index contributed by atoms with van der Waals surface area (Å²) in [6.45, 7) is 0. The van der Waals surface area contributed by atoms with E-state index in [9.17, 15) is 0 Å². The smallest absolute Gasteiger partial charge is 0.248 e. The van der Waals surface area contributed by atoms with Crippen molar-refractivity contribution in [3.05, 3.63) is 52.7 Å². The van der Waals surface area contributed by atoms with Gasteiger partial charge in [-0.05, 0) is 5.56 Å². The Morgan fingerprint density at radius 3 is 2.78 bits per heavy atom. The van der Waals surface area contributed by atoms with Crippen LogP contribution in [-0.2, 0) is 0 Å². The maximum Gasteiger partial charge on any atom is 0.248 e. The fraction of sp³-hybridized carbons (Fsp3) is 0.0833. The van der Waals surface area contributed by atoms with Crippen molar-refractivity contribution in [3.8, 4) is 11.5 Å². The van der Waals surface area contributed by atoms with Gasteiger partial charge in [0, 0.05) is 5.38 Å². The number of hydrogen-bond acceptors (Lipinski definition) is 6. The number of aromatic nitrogens is 3. The Hall–Kier alpha value is -2.05. The standard InChI is InChI=1S/C12H10N4OS/c13-10(8-4-2-1-3-5-8)12-15-11(16-17-12)9-6-18-7-14-9/h1-7,10H,13H2/t10-/m1/s1. The molecule has 5 nitrogen and oxygen atoms in total. The lowest BCUT2D eigenvalue weighted by molar-refractivity contribution is 0.367. The molecule has 0 amide bonds. The molecule has 0 radical (unpaired) electrons. The summed E-state index contributed by atoms with van der Waals surface area (Å²) in [5.41, 5.74) is 9.43. The summed E-state index contributed by atoms with van der Waals surface area (Å²) in [6, 6.07) is 9.23. The van der Waals surface area contributed by atoms with Crippen LogP contribution < -0.4 is 5.73 Å². The van der Waals surface area contributed by atoms with E-state index in [4.69, 9.17) is 10.3 Å². The first-order chi connectivity index (χ1) is 8.84. The van der Waals surface area contributed by atoms with Gasteiger partial charge in [0.05, 0.1) is 5.51 Å². The zero-order chi connectivity index (χ0) is 12.4. The van der Waals surface area contributed by atoms with Gasteiger partial charge in [0.15, 0.2) is 0 Å². The van der Waals surface area contributed by atoms with Crippen LogP contribution in [0.3, 0.4) is 0 Å². The zero-order valence-electron chi connectivity index (χ0n) is 9.35. The molecule has 18 heavy (non-hydrogen) atoms. The van der Waals surface area contributed by atoms with Crippen molar-refractivity contribution < 1.29 is 4.52 Å². The second-order valence-corrected chi connectivity index (χ2v) is 4.44. The van der Waals surface area contributed by atoms with Gasteiger partial charge in [-0.3, -0.25) is 0 Å². The fourth-order valence-electron chi connectivity index (χ4n) is 1.59.